The lowest BCUT2D eigenvalue weighted by Crippen LogP contribution is -2.25. The van der Waals surface area contributed by atoms with Crippen LogP contribution in [0.15, 0.2) is 27.1 Å². The van der Waals surface area contributed by atoms with Crippen molar-refractivity contribution in [3.8, 4) is 0 Å². The Kier molecular flexibility index (Phi) is 5.39. The first-order valence-electron chi connectivity index (χ1n) is 6.75. The number of anilines is 1. The molecule has 22 heavy (non-hydrogen) atoms. The maximum Gasteiger partial charge on any atom is 0.229 e. The number of rotatable bonds is 4. The average Bonchev–Trinajstić information content (AvgIpc) is 2.69. The Morgan fingerprint density at radius 3 is 2.64 bits per heavy atom. The second kappa shape index (κ2) is 6.91. The fourth-order valence-corrected chi connectivity index (χ4v) is 2.66. The molecule has 1 unspecified atom stereocenters. The normalized spacial score (nSPS) is 12.3. The number of aryl methyl sites for hydroxylation is 1. The minimum absolute atomic E-state index is 0.176. The van der Waals surface area contributed by atoms with Crippen LogP contribution in [0.4, 0.5) is 10.1 Å². The molecule has 0 bridgehead atoms. The monoisotopic (exact) mass is 431 g/mol. The Morgan fingerprint density at radius 1 is 1.41 bits per heavy atom. The Morgan fingerprint density at radius 2 is 2.09 bits per heavy atom. The van der Waals surface area contributed by atoms with Gasteiger partial charge in [-0.1, -0.05) is 22.9 Å². The van der Waals surface area contributed by atoms with Gasteiger partial charge in [-0.2, -0.15) is 5.10 Å². The van der Waals surface area contributed by atoms with Crippen molar-refractivity contribution in [1.82, 2.24) is 9.78 Å². The summed E-state index contributed by atoms with van der Waals surface area (Å²) in [6, 6.07) is 4.53. The lowest BCUT2D eigenvalue weighted by Gasteiger charge is -2.14. The smallest absolute Gasteiger partial charge is 0.229 e. The first-order chi connectivity index (χ1) is 10.3. The highest BCUT2D eigenvalue weighted by molar-refractivity contribution is 9.10. The molecule has 1 atom stereocenters. The summed E-state index contributed by atoms with van der Waals surface area (Å²) in [5, 5.41) is 6.99. The van der Waals surface area contributed by atoms with E-state index in [-0.39, 0.29) is 17.5 Å². The number of hydrogen-bond donors (Lipinski definition) is 1. The molecule has 1 N–H and O–H groups in total. The molecule has 0 aliphatic heterocycles. The van der Waals surface area contributed by atoms with Crippen molar-refractivity contribution in [3.05, 3.63) is 44.3 Å². The number of halogens is 3. The van der Waals surface area contributed by atoms with Crippen molar-refractivity contribution in [1.29, 1.82) is 0 Å². The zero-order valence-electron chi connectivity index (χ0n) is 12.5. The van der Waals surface area contributed by atoms with Crippen LogP contribution in [0, 0.1) is 25.6 Å². The van der Waals surface area contributed by atoms with E-state index in [4.69, 9.17) is 0 Å². The van der Waals surface area contributed by atoms with Gasteiger partial charge in [0.1, 0.15) is 5.82 Å². The Bertz CT molecular complexity index is 715. The number of nitrogens with one attached hydrogen (secondary N) is 1. The van der Waals surface area contributed by atoms with E-state index in [0.29, 0.717) is 11.0 Å². The number of nitrogens with zero attached hydrogens (tertiary/aromatic N) is 2. The van der Waals surface area contributed by atoms with Gasteiger partial charge in [-0.05, 0) is 48.0 Å². The second-order valence-electron chi connectivity index (χ2n) is 5.18. The van der Waals surface area contributed by atoms with E-state index in [9.17, 15) is 9.18 Å². The molecular formula is C15H16Br2FN3O. The number of carbonyl (C=O) groups excluding carboxylic acids is 1. The van der Waals surface area contributed by atoms with Crippen LogP contribution in [0.25, 0.3) is 0 Å². The predicted octanol–water partition coefficient (Wildman–Crippen LogP) is 4.44. The first kappa shape index (κ1) is 17.1. The van der Waals surface area contributed by atoms with Gasteiger partial charge in [0, 0.05) is 10.2 Å². The van der Waals surface area contributed by atoms with E-state index in [1.54, 1.807) is 17.7 Å². The van der Waals surface area contributed by atoms with Gasteiger partial charge in [0.2, 0.25) is 5.91 Å². The molecule has 0 aliphatic rings. The molecule has 4 nitrogen and oxygen atoms in total. The van der Waals surface area contributed by atoms with E-state index in [0.717, 1.165) is 15.9 Å². The predicted molar refractivity (Wildman–Crippen MR) is 91.3 cm³/mol. The molecule has 0 radical (unpaired) electrons. The lowest BCUT2D eigenvalue weighted by atomic mass is 10.1. The molecule has 0 fully saturated rings. The summed E-state index contributed by atoms with van der Waals surface area (Å²) in [5.74, 6) is -1.05. The van der Waals surface area contributed by atoms with Crippen molar-refractivity contribution >= 4 is 43.5 Å². The van der Waals surface area contributed by atoms with Crippen LogP contribution >= 0.6 is 31.9 Å². The fourth-order valence-electron chi connectivity index (χ4n) is 2.04. The molecule has 2 aromatic rings. The highest BCUT2D eigenvalue weighted by Crippen LogP contribution is 2.22. The molecule has 1 aromatic heterocycles. The number of aromatic nitrogens is 2. The Hall–Kier alpha value is -1.21. The van der Waals surface area contributed by atoms with Crippen LogP contribution in [0.2, 0.25) is 0 Å². The highest BCUT2D eigenvalue weighted by atomic mass is 79.9. The maximum absolute atomic E-state index is 13.8. The van der Waals surface area contributed by atoms with Gasteiger partial charge in [-0.25, -0.2) is 4.39 Å². The van der Waals surface area contributed by atoms with E-state index in [1.165, 1.54) is 12.1 Å². The quantitative estimate of drug-likeness (QED) is 0.776. The van der Waals surface area contributed by atoms with Gasteiger partial charge in [-0.15, -0.1) is 0 Å². The highest BCUT2D eigenvalue weighted by Gasteiger charge is 2.18. The van der Waals surface area contributed by atoms with Crippen LogP contribution in [-0.2, 0) is 11.3 Å². The van der Waals surface area contributed by atoms with Crippen molar-refractivity contribution < 1.29 is 9.18 Å². The molecule has 118 valence electrons. The summed E-state index contributed by atoms with van der Waals surface area (Å²) >= 11 is 6.64. The molecule has 1 heterocycles. The zero-order chi connectivity index (χ0) is 16.4. The summed E-state index contributed by atoms with van der Waals surface area (Å²) in [5.41, 5.74) is 2.02. The average molecular weight is 433 g/mol. The van der Waals surface area contributed by atoms with Gasteiger partial charge in [0.25, 0.3) is 0 Å². The molecule has 1 amide bonds. The summed E-state index contributed by atoms with van der Waals surface area (Å²) in [6.07, 6.45) is 0. The first-order valence-corrected chi connectivity index (χ1v) is 8.33. The van der Waals surface area contributed by atoms with Crippen molar-refractivity contribution in [2.24, 2.45) is 5.92 Å². The largest absolute Gasteiger partial charge is 0.323 e. The summed E-state index contributed by atoms with van der Waals surface area (Å²) in [4.78, 5) is 12.2. The zero-order valence-corrected chi connectivity index (χ0v) is 15.6. The molecule has 0 saturated carbocycles. The summed E-state index contributed by atoms with van der Waals surface area (Å²) in [7, 11) is 0. The molecule has 7 heteroatoms. The van der Waals surface area contributed by atoms with Gasteiger partial charge < -0.3 is 5.32 Å². The molecule has 0 spiro atoms. The van der Waals surface area contributed by atoms with Gasteiger partial charge in [0.05, 0.1) is 28.3 Å². The van der Waals surface area contributed by atoms with Gasteiger partial charge >= 0.3 is 0 Å². The van der Waals surface area contributed by atoms with Crippen LogP contribution in [-0.4, -0.2) is 15.7 Å². The van der Waals surface area contributed by atoms with Crippen LogP contribution < -0.4 is 5.32 Å². The van der Waals surface area contributed by atoms with Gasteiger partial charge in [-0.3, -0.25) is 9.48 Å². The third kappa shape index (κ3) is 3.76. The van der Waals surface area contributed by atoms with E-state index in [1.807, 2.05) is 13.8 Å². The SMILES string of the molecule is Cc1nn(CC(C)C(=O)Nc2ccc(Br)cc2F)c(C)c1Br. The van der Waals surface area contributed by atoms with Crippen LogP contribution in [0.5, 0.6) is 0 Å². The van der Waals surface area contributed by atoms with Gasteiger partial charge in [0.15, 0.2) is 0 Å². The van der Waals surface area contributed by atoms with Crippen molar-refractivity contribution in [2.75, 3.05) is 5.32 Å². The summed E-state index contributed by atoms with van der Waals surface area (Å²) < 4.78 is 17.1. The topological polar surface area (TPSA) is 46.9 Å². The Labute approximate surface area is 145 Å². The third-order valence-corrected chi connectivity index (χ3v) is 5.02. The molecular weight excluding hydrogens is 417 g/mol. The Balaban J connectivity index is 2.07. The maximum atomic E-state index is 13.8. The number of amides is 1. The summed E-state index contributed by atoms with van der Waals surface area (Å²) in [6.45, 7) is 6.05. The number of benzene rings is 1. The van der Waals surface area contributed by atoms with Crippen LogP contribution in [0.1, 0.15) is 18.3 Å². The van der Waals surface area contributed by atoms with Crippen molar-refractivity contribution in [3.63, 3.8) is 0 Å². The van der Waals surface area contributed by atoms with Crippen molar-refractivity contribution in [2.45, 2.75) is 27.3 Å². The molecule has 0 aliphatic carbocycles. The number of carbonyl (C=O) groups is 1. The van der Waals surface area contributed by atoms with E-state index in [2.05, 4.69) is 42.3 Å². The molecule has 0 saturated heterocycles. The number of hydrogen-bond acceptors (Lipinski definition) is 2. The minimum Gasteiger partial charge on any atom is -0.323 e. The third-order valence-electron chi connectivity index (χ3n) is 3.38. The lowest BCUT2D eigenvalue weighted by molar-refractivity contribution is -0.119. The molecule has 2 rings (SSSR count). The molecule has 1 aromatic carbocycles. The van der Waals surface area contributed by atoms with Crippen LogP contribution in [0.3, 0.4) is 0 Å². The standard InChI is InChI=1S/C15H16Br2FN3O/c1-8(7-21-10(3)14(17)9(2)20-21)15(22)19-13-5-4-11(16)6-12(13)18/h4-6,8H,7H2,1-3H3,(H,19,22). The van der Waals surface area contributed by atoms with E-state index < -0.39 is 5.82 Å². The second-order valence-corrected chi connectivity index (χ2v) is 6.89. The van der Waals surface area contributed by atoms with E-state index >= 15 is 0 Å². The minimum atomic E-state index is -0.469. The fraction of sp³-hybridized carbons (Fsp3) is 0.333.